The molecule has 0 heterocycles. The molecule has 0 unspecified atom stereocenters. The second kappa shape index (κ2) is 19.3. The van der Waals surface area contributed by atoms with Crippen molar-refractivity contribution in [2.45, 2.75) is 83.6 Å². The number of hydrogen-bond donors (Lipinski definition) is 2. The summed E-state index contributed by atoms with van der Waals surface area (Å²) in [4.78, 5) is 63.8. The third-order valence-electron chi connectivity index (χ3n) is 6.71. The normalized spacial score (nSPS) is 12.5. The molecule has 0 spiro atoms. The van der Waals surface area contributed by atoms with Crippen LogP contribution in [-0.2, 0) is 33.4 Å². The molecule has 0 aliphatic heterocycles. The SMILES string of the molecule is CC(C)OC(=O)[C@@H](N)CCC(=O)C=[N+]=[N-].CC(C)OC(=O)[C@H](CCC(=O)C=[N+]=[N-])NC(=O)OCC1c2ccccc2-c2ccccc21. The van der Waals surface area contributed by atoms with E-state index < -0.39 is 35.9 Å². The van der Waals surface area contributed by atoms with Crippen LogP contribution in [0.2, 0.25) is 0 Å². The van der Waals surface area contributed by atoms with Crippen molar-refractivity contribution in [3.8, 4) is 11.1 Å². The smallest absolute Gasteiger partial charge is 0.407 e. The fraction of sp³-hybridized carbons (Fsp3) is 0.424. The van der Waals surface area contributed by atoms with E-state index in [-0.39, 0.29) is 56.2 Å². The lowest BCUT2D eigenvalue weighted by Crippen LogP contribution is -2.43. The highest BCUT2D eigenvalue weighted by molar-refractivity contribution is 6.25. The molecule has 0 saturated carbocycles. The summed E-state index contributed by atoms with van der Waals surface area (Å²) in [6, 6.07) is 14.1. The first kappa shape index (κ1) is 37.9. The van der Waals surface area contributed by atoms with E-state index in [2.05, 4.69) is 14.9 Å². The molecule has 2 aromatic carbocycles. The van der Waals surface area contributed by atoms with Gasteiger partial charge < -0.3 is 36.3 Å². The topological polar surface area (TPSA) is 224 Å². The molecule has 1 aliphatic rings. The van der Waals surface area contributed by atoms with Crippen LogP contribution in [0.1, 0.15) is 70.4 Å². The van der Waals surface area contributed by atoms with Crippen LogP contribution < -0.4 is 11.1 Å². The summed E-state index contributed by atoms with van der Waals surface area (Å²) in [7, 11) is 0. The number of rotatable bonds is 15. The number of Topliss-reactive ketones (excluding diaryl/α,β-unsaturated/α-hetero) is 2. The largest absolute Gasteiger partial charge is 0.462 e. The van der Waals surface area contributed by atoms with E-state index in [0.717, 1.165) is 34.7 Å². The number of ether oxygens (including phenoxy) is 3. The van der Waals surface area contributed by atoms with Gasteiger partial charge in [-0.2, -0.15) is 9.58 Å². The van der Waals surface area contributed by atoms with Crippen molar-refractivity contribution in [3.63, 3.8) is 0 Å². The monoisotopic (exact) mass is 648 g/mol. The Balaban J connectivity index is 0.000000433. The van der Waals surface area contributed by atoms with Crippen molar-refractivity contribution in [2.75, 3.05) is 6.61 Å². The second-order valence-corrected chi connectivity index (χ2v) is 11.1. The summed E-state index contributed by atoms with van der Waals surface area (Å²) in [6.45, 7) is 6.90. The Bertz CT molecular complexity index is 1480. The first-order valence-electron chi connectivity index (χ1n) is 15.1. The molecule has 0 bridgehead atoms. The summed E-state index contributed by atoms with van der Waals surface area (Å²) < 4.78 is 15.5. The third kappa shape index (κ3) is 12.6. The van der Waals surface area contributed by atoms with Crippen LogP contribution in [0.5, 0.6) is 0 Å². The molecule has 14 nitrogen and oxygen atoms in total. The second-order valence-electron chi connectivity index (χ2n) is 11.1. The molecule has 14 heteroatoms. The molecule has 0 saturated heterocycles. The van der Waals surface area contributed by atoms with Crippen molar-refractivity contribution in [2.24, 2.45) is 5.73 Å². The van der Waals surface area contributed by atoms with Crippen LogP contribution >= 0.6 is 0 Å². The van der Waals surface area contributed by atoms with E-state index in [4.69, 9.17) is 31.0 Å². The molecule has 0 aromatic heterocycles. The van der Waals surface area contributed by atoms with Gasteiger partial charge in [-0.1, -0.05) is 48.5 Å². The maximum Gasteiger partial charge on any atom is 0.407 e. The number of nitrogens with zero attached hydrogens (tertiary/aromatic N) is 4. The Morgan fingerprint density at radius 2 is 1.26 bits per heavy atom. The van der Waals surface area contributed by atoms with Gasteiger partial charge in [-0.25, -0.2) is 9.59 Å². The minimum absolute atomic E-state index is 0.0133. The predicted molar refractivity (Wildman–Crippen MR) is 170 cm³/mol. The lowest BCUT2D eigenvalue weighted by molar-refractivity contribution is -0.150. The van der Waals surface area contributed by atoms with Gasteiger partial charge in [-0.3, -0.25) is 14.4 Å². The van der Waals surface area contributed by atoms with Crippen molar-refractivity contribution in [1.82, 2.24) is 5.32 Å². The van der Waals surface area contributed by atoms with E-state index in [9.17, 15) is 24.0 Å². The molecule has 47 heavy (non-hydrogen) atoms. The Labute approximate surface area is 272 Å². The van der Waals surface area contributed by atoms with Gasteiger partial charge in [0.05, 0.1) is 12.2 Å². The van der Waals surface area contributed by atoms with E-state index in [1.54, 1.807) is 27.7 Å². The highest BCUT2D eigenvalue weighted by Crippen LogP contribution is 2.44. The van der Waals surface area contributed by atoms with Gasteiger partial charge in [-0.05, 0) is 62.8 Å². The number of amides is 1. The average Bonchev–Trinajstić information content (AvgIpc) is 3.34. The average molecular weight is 649 g/mol. The lowest BCUT2D eigenvalue weighted by atomic mass is 9.98. The highest BCUT2D eigenvalue weighted by Gasteiger charge is 2.30. The number of fused-ring (bicyclic) bond motifs is 3. The van der Waals surface area contributed by atoms with Gasteiger partial charge in [0.25, 0.3) is 0 Å². The van der Waals surface area contributed by atoms with Crippen molar-refractivity contribution in [1.29, 1.82) is 0 Å². The van der Waals surface area contributed by atoms with Crippen molar-refractivity contribution in [3.05, 3.63) is 70.7 Å². The molecule has 0 fully saturated rings. The number of ketones is 2. The molecule has 2 aromatic rings. The number of hydrogen-bond acceptors (Lipinski definition) is 9. The van der Waals surface area contributed by atoms with Crippen molar-refractivity contribution >= 4 is 42.0 Å². The predicted octanol–water partition coefficient (Wildman–Crippen LogP) is 3.41. The first-order valence-corrected chi connectivity index (χ1v) is 15.1. The zero-order valence-electron chi connectivity index (χ0n) is 26.8. The number of nitrogens with two attached hydrogens (primary N) is 1. The minimum Gasteiger partial charge on any atom is -0.462 e. The van der Waals surface area contributed by atoms with Gasteiger partial charge in [0, 0.05) is 18.8 Å². The van der Waals surface area contributed by atoms with E-state index in [0.29, 0.717) is 0 Å². The van der Waals surface area contributed by atoms with Gasteiger partial charge in [0.2, 0.25) is 11.6 Å². The molecular formula is C33H40N6O8. The standard InChI is InChI=1S/C24H25N3O5.C9H15N3O3/c1-15(2)32-23(29)22(12-11-16(28)13-26-25)27-24(30)31-14-21-19-9-5-3-7-17(19)18-8-4-6-10-20(18)21;1-6(2)15-9(14)8(10)4-3-7(13)5-12-11/h3-10,13,15,21-22H,11-12,14H2,1-2H3,(H,27,30);5-6,8H,3-4,10H2,1-2H3/t22-;8-/m00/s1. The van der Waals surface area contributed by atoms with Crippen LogP contribution in [0.25, 0.3) is 22.2 Å². The number of carbonyl (C=O) groups is 5. The molecule has 1 amide bonds. The molecule has 0 radical (unpaired) electrons. The Morgan fingerprint density at radius 3 is 1.74 bits per heavy atom. The zero-order valence-corrected chi connectivity index (χ0v) is 26.8. The Kier molecular flexibility index (Phi) is 15.5. The summed E-state index contributed by atoms with van der Waals surface area (Å²) >= 11 is 0. The molecule has 3 rings (SSSR count). The lowest BCUT2D eigenvalue weighted by Gasteiger charge is -2.19. The van der Waals surface area contributed by atoms with Gasteiger partial charge in [-0.15, -0.1) is 0 Å². The minimum atomic E-state index is -1.07. The van der Waals surface area contributed by atoms with Crippen molar-refractivity contribution < 1.29 is 47.8 Å². The molecule has 1 aliphatic carbocycles. The number of benzene rings is 2. The summed E-state index contributed by atoms with van der Waals surface area (Å²) in [5.41, 5.74) is 26.4. The maximum absolute atomic E-state index is 12.5. The Morgan fingerprint density at radius 1 is 0.787 bits per heavy atom. The molecule has 250 valence electrons. The summed E-state index contributed by atoms with van der Waals surface area (Å²) in [6.07, 6.45) is 0.253. The number of carbonyl (C=O) groups excluding carboxylic acids is 5. The van der Waals surface area contributed by atoms with Crippen LogP contribution in [0.4, 0.5) is 4.79 Å². The van der Waals surface area contributed by atoms with Gasteiger partial charge >= 0.3 is 30.5 Å². The van der Waals surface area contributed by atoms with Crippen LogP contribution in [0, 0.1) is 0 Å². The van der Waals surface area contributed by atoms with E-state index >= 15 is 0 Å². The number of esters is 2. The summed E-state index contributed by atoms with van der Waals surface area (Å²) in [5.74, 6) is -2.17. The molecular weight excluding hydrogens is 608 g/mol. The fourth-order valence-electron chi connectivity index (χ4n) is 4.63. The quantitative estimate of drug-likeness (QED) is 0.0947. The van der Waals surface area contributed by atoms with Crippen LogP contribution in [0.15, 0.2) is 48.5 Å². The third-order valence-corrected chi connectivity index (χ3v) is 6.71. The fourth-order valence-corrected chi connectivity index (χ4v) is 4.63. The summed E-state index contributed by atoms with van der Waals surface area (Å²) in [5, 5.41) is 2.50. The molecule has 3 N–H and O–H groups in total. The van der Waals surface area contributed by atoms with Gasteiger partial charge in [0.1, 0.15) is 18.7 Å². The maximum atomic E-state index is 12.5. The number of alkyl carbamates (subject to hydrolysis) is 1. The first-order chi connectivity index (χ1) is 22.4. The van der Waals surface area contributed by atoms with E-state index in [1.807, 2.05) is 48.5 Å². The number of nitrogens with one attached hydrogen (secondary N) is 1. The van der Waals surface area contributed by atoms with Gasteiger partial charge in [0.15, 0.2) is 0 Å². The van der Waals surface area contributed by atoms with Crippen LogP contribution in [0.3, 0.4) is 0 Å². The Hall–Kier alpha value is -5.29. The molecule has 2 atom stereocenters. The highest BCUT2D eigenvalue weighted by atomic mass is 16.6. The zero-order chi connectivity index (χ0) is 34.9. The van der Waals surface area contributed by atoms with E-state index in [1.165, 1.54) is 0 Å². The van der Waals surface area contributed by atoms with Crippen LogP contribution in [-0.4, -0.2) is 82.5 Å².